The van der Waals surface area contributed by atoms with Crippen molar-refractivity contribution in [3.8, 4) is 56.2 Å². The van der Waals surface area contributed by atoms with Crippen LogP contribution in [0, 0.1) is 0 Å². The second-order valence-electron chi connectivity index (χ2n) is 16.9. The van der Waals surface area contributed by atoms with Crippen LogP contribution in [0.25, 0.3) is 77.7 Å². The van der Waals surface area contributed by atoms with Crippen molar-refractivity contribution in [1.82, 2.24) is 9.97 Å². The number of hydrogen-bond acceptors (Lipinski definition) is 2. The first-order chi connectivity index (χ1) is 29.5. The Labute approximate surface area is 350 Å². The number of benzene rings is 9. The van der Waals surface area contributed by atoms with Crippen LogP contribution in [-0.2, 0) is 10.8 Å². The lowest BCUT2D eigenvalue weighted by Crippen LogP contribution is -2.40. The smallest absolute Gasteiger partial charge is 0.160 e. The molecular formula is C58H40N2. The van der Waals surface area contributed by atoms with Crippen LogP contribution < -0.4 is 0 Å². The van der Waals surface area contributed by atoms with Crippen molar-refractivity contribution < 1.29 is 0 Å². The number of fused-ring (bicyclic) bond motifs is 12. The summed E-state index contributed by atoms with van der Waals surface area (Å²) in [5.74, 6) is 0.713. The van der Waals surface area contributed by atoms with Crippen molar-refractivity contribution in [2.45, 2.75) is 24.7 Å². The van der Waals surface area contributed by atoms with E-state index in [2.05, 4.69) is 214 Å². The van der Waals surface area contributed by atoms with E-state index in [4.69, 9.17) is 9.97 Å². The van der Waals surface area contributed by atoms with E-state index in [-0.39, 0.29) is 5.41 Å². The minimum Gasteiger partial charge on any atom is -0.228 e. The highest BCUT2D eigenvalue weighted by Gasteiger charge is 2.53. The highest BCUT2D eigenvalue weighted by atomic mass is 14.9. The predicted octanol–water partition coefficient (Wildman–Crippen LogP) is 14.5. The molecule has 0 N–H and O–H groups in total. The van der Waals surface area contributed by atoms with E-state index < -0.39 is 5.41 Å². The third-order valence-electron chi connectivity index (χ3n) is 13.4. The molecule has 12 rings (SSSR count). The molecular weight excluding hydrogens is 725 g/mol. The van der Waals surface area contributed by atoms with Gasteiger partial charge in [0.05, 0.1) is 16.8 Å². The van der Waals surface area contributed by atoms with Gasteiger partial charge >= 0.3 is 0 Å². The molecule has 282 valence electrons. The van der Waals surface area contributed by atoms with Gasteiger partial charge in [-0.2, -0.15) is 0 Å². The Morgan fingerprint density at radius 3 is 1.62 bits per heavy atom. The number of hydrogen-bond donors (Lipinski definition) is 0. The molecule has 2 nitrogen and oxygen atoms in total. The Bertz CT molecular complexity index is 3240. The number of aromatic nitrogens is 2. The topological polar surface area (TPSA) is 25.8 Å². The summed E-state index contributed by atoms with van der Waals surface area (Å²) in [6, 6.07) is 75.6. The average Bonchev–Trinajstić information content (AvgIpc) is 3.61. The van der Waals surface area contributed by atoms with Gasteiger partial charge in [-0.05, 0) is 95.4 Å². The maximum Gasteiger partial charge on any atom is 0.160 e. The van der Waals surface area contributed by atoms with Crippen LogP contribution >= 0.6 is 0 Å². The molecule has 0 unspecified atom stereocenters. The molecule has 1 aromatic heterocycles. The molecule has 0 saturated heterocycles. The lowest BCUT2D eigenvalue weighted by molar-refractivity contribution is 0.563. The van der Waals surface area contributed by atoms with Gasteiger partial charge in [0, 0.05) is 22.1 Å². The van der Waals surface area contributed by atoms with Gasteiger partial charge in [-0.15, -0.1) is 0 Å². The van der Waals surface area contributed by atoms with Crippen molar-refractivity contribution in [2.24, 2.45) is 0 Å². The van der Waals surface area contributed by atoms with Crippen molar-refractivity contribution in [3.05, 3.63) is 240 Å². The monoisotopic (exact) mass is 764 g/mol. The Kier molecular flexibility index (Phi) is 7.52. The van der Waals surface area contributed by atoms with Gasteiger partial charge in [-0.1, -0.05) is 202 Å². The van der Waals surface area contributed by atoms with Gasteiger partial charge < -0.3 is 0 Å². The van der Waals surface area contributed by atoms with E-state index in [0.29, 0.717) is 5.82 Å². The largest absolute Gasteiger partial charge is 0.228 e. The summed E-state index contributed by atoms with van der Waals surface area (Å²) < 4.78 is 0. The molecule has 9 aromatic carbocycles. The predicted molar refractivity (Wildman–Crippen MR) is 248 cm³/mol. The molecule has 0 atom stereocenters. The fourth-order valence-electron chi connectivity index (χ4n) is 10.6. The normalized spacial score (nSPS) is 14.1. The van der Waals surface area contributed by atoms with Crippen molar-refractivity contribution in [1.29, 1.82) is 0 Å². The molecule has 2 heteroatoms. The van der Waals surface area contributed by atoms with Crippen molar-refractivity contribution in [2.75, 3.05) is 0 Å². The Balaban J connectivity index is 1.18. The van der Waals surface area contributed by atoms with Crippen LogP contribution in [0.4, 0.5) is 0 Å². The average molecular weight is 765 g/mol. The SMILES string of the molecule is CC1(C)c2ccccc2C2(c3ccc(-c4ccc5ccc6ccccc6c5c4)cc3-c3c(-c4cc(-c5ccccc5)nc(-c5ccccc5)n4)cccc32)c2ccccc21. The van der Waals surface area contributed by atoms with Crippen LogP contribution in [0.3, 0.4) is 0 Å². The van der Waals surface area contributed by atoms with Gasteiger partial charge in [0.15, 0.2) is 5.82 Å². The molecule has 0 bridgehead atoms. The zero-order valence-corrected chi connectivity index (χ0v) is 33.5. The Morgan fingerprint density at radius 1 is 0.333 bits per heavy atom. The van der Waals surface area contributed by atoms with Crippen molar-refractivity contribution in [3.63, 3.8) is 0 Å². The fourth-order valence-corrected chi connectivity index (χ4v) is 10.6. The molecule has 0 fully saturated rings. The minimum absolute atomic E-state index is 0.186. The van der Waals surface area contributed by atoms with E-state index >= 15 is 0 Å². The zero-order valence-electron chi connectivity index (χ0n) is 33.5. The fraction of sp³-hybridized carbons (Fsp3) is 0.0690. The van der Waals surface area contributed by atoms with E-state index in [1.807, 2.05) is 6.07 Å². The summed E-state index contributed by atoms with van der Waals surface area (Å²) >= 11 is 0. The van der Waals surface area contributed by atoms with Gasteiger partial charge in [0.1, 0.15) is 0 Å². The third-order valence-corrected chi connectivity index (χ3v) is 13.4. The molecule has 0 aliphatic heterocycles. The second kappa shape index (κ2) is 13.0. The second-order valence-corrected chi connectivity index (χ2v) is 16.9. The Morgan fingerprint density at radius 2 is 0.883 bits per heavy atom. The van der Waals surface area contributed by atoms with Gasteiger partial charge in [0.2, 0.25) is 0 Å². The molecule has 60 heavy (non-hydrogen) atoms. The van der Waals surface area contributed by atoms with E-state index in [0.717, 1.165) is 28.1 Å². The molecule has 0 amide bonds. The van der Waals surface area contributed by atoms with E-state index in [9.17, 15) is 0 Å². The molecule has 0 radical (unpaired) electrons. The lowest BCUT2D eigenvalue weighted by Gasteiger charge is -2.46. The van der Waals surface area contributed by atoms with Crippen molar-refractivity contribution >= 4 is 21.5 Å². The number of nitrogens with zero attached hydrogens (tertiary/aromatic N) is 2. The molecule has 2 aliphatic rings. The first-order valence-electron chi connectivity index (χ1n) is 20.9. The van der Waals surface area contributed by atoms with Gasteiger partial charge in [-0.25, -0.2) is 9.97 Å². The Hall–Kier alpha value is -7.42. The maximum absolute atomic E-state index is 5.43. The van der Waals surface area contributed by atoms with Crippen LogP contribution in [0.1, 0.15) is 47.2 Å². The van der Waals surface area contributed by atoms with E-state index in [1.54, 1.807) is 0 Å². The maximum atomic E-state index is 5.43. The van der Waals surface area contributed by atoms with Crippen LogP contribution in [-0.4, -0.2) is 9.97 Å². The highest BCUT2D eigenvalue weighted by Crippen LogP contribution is 2.63. The molecule has 1 spiro atoms. The highest BCUT2D eigenvalue weighted by molar-refractivity contribution is 6.09. The zero-order chi connectivity index (χ0) is 40.0. The molecule has 1 heterocycles. The minimum atomic E-state index is -0.543. The quantitative estimate of drug-likeness (QED) is 0.167. The summed E-state index contributed by atoms with van der Waals surface area (Å²) in [5, 5.41) is 5.04. The van der Waals surface area contributed by atoms with Crippen LogP contribution in [0.15, 0.2) is 206 Å². The standard InChI is InChI=1S/C58H40N2/c1-57(2)48-23-11-13-25-50(48)58(51-26-14-12-24-49(51)57)47-33-32-42(41-31-30-38-29-28-37-16-9-10-21-43(37)45(38)34-41)35-46(47)55-44(22-15-27-52(55)58)54-36-53(39-17-5-3-6-18-39)59-56(60-54)40-19-7-4-8-20-40/h3-36H,1-2H3. The van der Waals surface area contributed by atoms with Crippen LogP contribution in [0.2, 0.25) is 0 Å². The molecule has 0 saturated carbocycles. The summed E-state index contributed by atoms with van der Waals surface area (Å²) in [7, 11) is 0. The summed E-state index contributed by atoms with van der Waals surface area (Å²) in [6.45, 7) is 4.77. The summed E-state index contributed by atoms with van der Waals surface area (Å²) in [6.07, 6.45) is 0. The van der Waals surface area contributed by atoms with E-state index in [1.165, 1.54) is 77.2 Å². The van der Waals surface area contributed by atoms with Crippen LogP contribution in [0.5, 0.6) is 0 Å². The van der Waals surface area contributed by atoms with Gasteiger partial charge in [-0.3, -0.25) is 0 Å². The first kappa shape index (κ1) is 34.6. The third kappa shape index (κ3) is 4.94. The van der Waals surface area contributed by atoms with Gasteiger partial charge in [0.25, 0.3) is 0 Å². The number of rotatable bonds is 4. The lowest BCUT2D eigenvalue weighted by atomic mass is 9.55. The molecule has 2 aliphatic carbocycles. The summed E-state index contributed by atoms with van der Waals surface area (Å²) in [5.41, 5.74) is 17.1. The first-order valence-corrected chi connectivity index (χ1v) is 20.9. The molecule has 10 aromatic rings. The summed E-state index contributed by atoms with van der Waals surface area (Å²) in [4.78, 5) is 10.6.